The van der Waals surface area contributed by atoms with Crippen LogP contribution in [-0.2, 0) is 0 Å². The van der Waals surface area contributed by atoms with E-state index in [1.54, 1.807) is 6.07 Å². The molecule has 2 aromatic rings. The number of nitrogens with two attached hydrogens (primary N) is 1. The third kappa shape index (κ3) is 1.48. The van der Waals surface area contributed by atoms with E-state index in [0.717, 1.165) is 10.0 Å². The lowest BCUT2D eigenvalue weighted by Crippen LogP contribution is -1.98. The van der Waals surface area contributed by atoms with E-state index in [2.05, 4.69) is 15.9 Å². The van der Waals surface area contributed by atoms with Gasteiger partial charge in [0.05, 0.1) is 5.69 Å². The summed E-state index contributed by atoms with van der Waals surface area (Å²) in [5.41, 5.74) is 7.22. The van der Waals surface area contributed by atoms with Gasteiger partial charge >= 0.3 is 5.97 Å². The summed E-state index contributed by atoms with van der Waals surface area (Å²) in [6, 6.07) is 3.59. The highest BCUT2D eigenvalue weighted by Gasteiger charge is 2.18. The quantitative estimate of drug-likeness (QED) is 0.835. The minimum atomic E-state index is -1.15. The minimum absolute atomic E-state index is 0.168. The molecule has 1 aromatic carbocycles. The van der Waals surface area contributed by atoms with E-state index < -0.39 is 5.97 Å². The Bertz CT molecular complexity index is 559. The van der Waals surface area contributed by atoms with E-state index in [1.807, 2.05) is 13.0 Å². The van der Waals surface area contributed by atoms with Crippen molar-refractivity contribution in [1.82, 2.24) is 0 Å². The fraction of sp³-hybridized carbons (Fsp3) is 0.100. The van der Waals surface area contributed by atoms with Crippen LogP contribution in [0, 0.1) is 6.92 Å². The van der Waals surface area contributed by atoms with Gasteiger partial charge in [-0.05, 0) is 24.6 Å². The molecule has 4 nitrogen and oxygen atoms in total. The smallest absolute Gasteiger partial charge is 0.374 e. The van der Waals surface area contributed by atoms with Crippen molar-refractivity contribution >= 4 is 38.6 Å². The van der Waals surface area contributed by atoms with Crippen LogP contribution in [-0.4, -0.2) is 11.1 Å². The average molecular weight is 270 g/mol. The summed E-state index contributed by atoms with van der Waals surface area (Å²) < 4.78 is 6.05. The number of hydrogen-bond acceptors (Lipinski definition) is 3. The second kappa shape index (κ2) is 3.27. The Morgan fingerprint density at radius 2 is 2.20 bits per heavy atom. The second-order valence-corrected chi connectivity index (χ2v) is 4.17. The fourth-order valence-corrected chi connectivity index (χ4v) is 2.08. The van der Waals surface area contributed by atoms with Gasteiger partial charge in [0.15, 0.2) is 0 Å². The molecule has 0 bridgehead atoms. The molecular formula is C10H8BrNO3. The van der Waals surface area contributed by atoms with Gasteiger partial charge < -0.3 is 15.3 Å². The maximum Gasteiger partial charge on any atom is 0.374 e. The monoisotopic (exact) mass is 269 g/mol. The summed E-state index contributed by atoms with van der Waals surface area (Å²) in [7, 11) is 0. The molecule has 0 fully saturated rings. The van der Waals surface area contributed by atoms with Gasteiger partial charge in [-0.2, -0.15) is 0 Å². The van der Waals surface area contributed by atoms with Gasteiger partial charge in [0, 0.05) is 9.86 Å². The summed E-state index contributed by atoms with van der Waals surface area (Å²) in [5.74, 6) is -1.36. The third-order valence-corrected chi connectivity index (χ3v) is 2.63. The van der Waals surface area contributed by atoms with E-state index in [1.165, 1.54) is 0 Å². The van der Waals surface area contributed by atoms with Gasteiger partial charge in [0.25, 0.3) is 0 Å². The van der Waals surface area contributed by atoms with Crippen molar-refractivity contribution in [3.05, 3.63) is 27.9 Å². The lowest BCUT2D eigenvalue weighted by molar-refractivity contribution is 0.0666. The predicted molar refractivity (Wildman–Crippen MR) is 60.0 cm³/mol. The lowest BCUT2D eigenvalue weighted by atomic mass is 10.1. The predicted octanol–water partition coefficient (Wildman–Crippen LogP) is 2.78. The zero-order valence-corrected chi connectivity index (χ0v) is 9.46. The van der Waals surface area contributed by atoms with Crippen molar-refractivity contribution in [2.45, 2.75) is 6.92 Å². The molecule has 0 amide bonds. The number of carboxylic acid groups (broad SMARTS) is 1. The summed E-state index contributed by atoms with van der Waals surface area (Å²) in [6.45, 7) is 1.83. The zero-order chi connectivity index (χ0) is 11.2. The molecule has 0 radical (unpaired) electrons. The standard InChI is InChI=1S/C10H8BrNO3/c1-4-2-5(11)3-6-7(12)9(10(13)14)15-8(4)6/h2-3H,12H2,1H3,(H,13,14). The second-order valence-electron chi connectivity index (χ2n) is 3.25. The number of aryl methyl sites for hydroxylation is 1. The van der Waals surface area contributed by atoms with Crippen molar-refractivity contribution < 1.29 is 14.3 Å². The van der Waals surface area contributed by atoms with Crippen LogP contribution in [0.4, 0.5) is 5.69 Å². The Hall–Kier alpha value is -1.49. The van der Waals surface area contributed by atoms with E-state index in [0.29, 0.717) is 11.0 Å². The largest absolute Gasteiger partial charge is 0.475 e. The van der Waals surface area contributed by atoms with Crippen LogP contribution in [0.3, 0.4) is 0 Å². The van der Waals surface area contributed by atoms with Crippen LogP contribution in [0.25, 0.3) is 11.0 Å². The van der Waals surface area contributed by atoms with Crippen molar-refractivity contribution in [3.63, 3.8) is 0 Å². The highest BCUT2D eigenvalue weighted by molar-refractivity contribution is 9.10. The molecule has 0 spiro atoms. The number of benzene rings is 1. The van der Waals surface area contributed by atoms with Crippen molar-refractivity contribution in [3.8, 4) is 0 Å². The first-order valence-corrected chi connectivity index (χ1v) is 5.01. The van der Waals surface area contributed by atoms with Gasteiger partial charge in [0.2, 0.25) is 5.76 Å². The molecule has 1 heterocycles. The molecule has 3 N–H and O–H groups in total. The van der Waals surface area contributed by atoms with E-state index >= 15 is 0 Å². The number of hydrogen-bond donors (Lipinski definition) is 2. The Labute approximate surface area is 93.8 Å². The van der Waals surface area contributed by atoms with Gasteiger partial charge in [-0.25, -0.2) is 4.79 Å². The number of anilines is 1. The van der Waals surface area contributed by atoms with E-state index in [-0.39, 0.29) is 11.4 Å². The van der Waals surface area contributed by atoms with Crippen LogP contribution < -0.4 is 5.73 Å². The molecule has 2 rings (SSSR count). The van der Waals surface area contributed by atoms with Gasteiger partial charge in [0.1, 0.15) is 5.58 Å². The lowest BCUT2D eigenvalue weighted by Gasteiger charge is -1.95. The van der Waals surface area contributed by atoms with Gasteiger partial charge in [-0.1, -0.05) is 15.9 Å². The minimum Gasteiger partial charge on any atom is -0.475 e. The van der Waals surface area contributed by atoms with Gasteiger partial charge in [-0.3, -0.25) is 0 Å². The van der Waals surface area contributed by atoms with Crippen LogP contribution >= 0.6 is 15.9 Å². The summed E-state index contributed by atoms with van der Waals surface area (Å²) in [6.07, 6.45) is 0. The summed E-state index contributed by atoms with van der Waals surface area (Å²) >= 11 is 3.32. The Kier molecular flexibility index (Phi) is 2.19. The van der Waals surface area contributed by atoms with Crippen LogP contribution in [0.2, 0.25) is 0 Å². The molecule has 5 heteroatoms. The number of rotatable bonds is 1. The maximum atomic E-state index is 10.8. The Balaban J connectivity index is 2.88. The van der Waals surface area contributed by atoms with Crippen LogP contribution in [0.5, 0.6) is 0 Å². The SMILES string of the molecule is Cc1cc(Br)cc2c(N)c(C(=O)O)oc12. The molecule has 0 saturated carbocycles. The molecule has 0 atom stereocenters. The first-order valence-electron chi connectivity index (χ1n) is 4.22. The third-order valence-electron chi connectivity index (χ3n) is 2.17. The molecule has 0 aliphatic carbocycles. The maximum absolute atomic E-state index is 10.8. The number of halogens is 1. The molecule has 15 heavy (non-hydrogen) atoms. The number of fused-ring (bicyclic) bond motifs is 1. The number of aromatic carboxylic acids is 1. The Morgan fingerprint density at radius 1 is 1.53 bits per heavy atom. The van der Waals surface area contributed by atoms with E-state index in [9.17, 15) is 4.79 Å². The Morgan fingerprint density at radius 3 is 2.80 bits per heavy atom. The van der Waals surface area contributed by atoms with Crippen molar-refractivity contribution in [2.75, 3.05) is 5.73 Å². The first kappa shape index (κ1) is 10.0. The number of nitrogen functional groups attached to an aromatic ring is 1. The molecule has 0 saturated heterocycles. The zero-order valence-electron chi connectivity index (χ0n) is 7.87. The molecule has 0 aliphatic heterocycles. The highest BCUT2D eigenvalue weighted by Crippen LogP contribution is 2.33. The topological polar surface area (TPSA) is 76.5 Å². The number of carbonyl (C=O) groups is 1. The van der Waals surface area contributed by atoms with Crippen LogP contribution in [0.1, 0.15) is 16.1 Å². The highest BCUT2D eigenvalue weighted by atomic mass is 79.9. The van der Waals surface area contributed by atoms with Gasteiger partial charge in [-0.15, -0.1) is 0 Å². The van der Waals surface area contributed by atoms with Crippen molar-refractivity contribution in [1.29, 1.82) is 0 Å². The molecule has 0 aliphatic rings. The molecule has 0 unspecified atom stereocenters. The fourth-order valence-electron chi connectivity index (χ4n) is 1.50. The summed E-state index contributed by atoms with van der Waals surface area (Å²) in [4.78, 5) is 10.8. The molecular weight excluding hydrogens is 262 g/mol. The summed E-state index contributed by atoms with van der Waals surface area (Å²) in [5, 5.41) is 9.47. The number of furan rings is 1. The molecule has 1 aromatic heterocycles. The number of carboxylic acids is 1. The average Bonchev–Trinajstić information content (AvgIpc) is 2.44. The molecule has 78 valence electrons. The van der Waals surface area contributed by atoms with E-state index in [4.69, 9.17) is 15.3 Å². The van der Waals surface area contributed by atoms with Crippen molar-refractivity contribution in [2.24, 2.45) is 0 Å². The van der Waals surface area contributed by atoms with Crippen LogP contribution in [0.15, 0.2) is 21.0 Å². The normalized spacial score (nSPS) is 10.8. The first-order chi connectivity index (χ1) is 7.00.